The van der Waals surface area contributed by atoms with E-state index in [1.165, 1.54) is 21.4 Å². The van der Waals surface area contributed by atoms with Crippen LogP contribution >= 0.6 is 0 Å². The van der Waals surface area contributed by atoms with Crippen LogP contribution in [0.4, 0.5) is 4.79 Å². The van der Waals surface area contributed by atoms with Crippen LogP contribution in [0.5, 0.6) is 5.88 Å². The summed E-state index contributed by atoms with van der Waals surface area (Å²) in [5, 5.41) is 18.0. The van der Waals surface area contributed by atoms with Crippen LogP contribution in [0.1, 0.15) is 89.1 Å². The summed E-state index contributed by atoms with van der Waals surface area (Å²) >= 11 is 0. The third-order valence-electron chi connectivity index (χ3n) is 8.21. The Morgan fingerprint density at radius 3 is 2.48 bits per heavy atom. The fourth-order valence-electron chi connectivity index (χ4n) is 6.03. The fourth-order valence-corrected chi connectivity index (χ4v) is 6.03. The van der Waals surface area contributed by atoms with Crippen LogP contribution in [-0.4, -0.2) is 83.8 Å². The molecular weight excluding hydrogens is 540 g/mol. The molecule has 5 rings (SSSR count). The van der Waals surface area contributed by atoms with Gasteiger partial charge in [0.15, 0.2) is 5.56 Å². The molecule has 3 aliphatic rings. The minimum Gasteiger partial charge on any atom is -0.492 e. The first-order chi connectivity index (χ1) is 19.8. The first-order valence-electron chi connectivity index (χ1n) is 14.9. The largest absolute Gasteiger partial charge is 0.492 e. The van der Waals surface area contributed by atoms with Gasteiger partial charge in [-0.2, -0.15) is 9.61 Å². The Morgan fingerprint density at radius 2 is 1.86 bits per heavy atom. The molecule has 0 bridgehead atoms. The summed E-state index contributed by atoms with van der Waals surface area (Å²) in [5.41, 5.74) is -1.00. The number of rotatable bonds is 6. The Kier molecular flexibility index (Phi) is 7.84. The second-order valence-corrected chi connectivity index (χ2v) is 13.2. The zero-order valence-electron chi connectivity index (χ0n) is 25.2. The van der Waals surface area contributed by atoms with Gasteiger partial charge in [-0.25, -0.2) is 4.79 Å². The number of amides is 3. The predicted molar refractivity (Wildman–Crippen MR) is 156 cm³/mol. The quantitative estimate of drug-likeness (QED) is 0.499. The van der Waals surface area contributed by atoms with E-state index < -0.39 is 22.9 Å². The Morgan fingerprint density at radius 1 is 1.17 bits per heavy atom. The second kappa shape index (κ2) is 11.1. The summed E-state index contributed by atoms with van der Waals surface area (Å²) < 4.78 is 8.18. The van der Waals surface area contributed by atoms with Crippen LogP contribution in [0.25, 0.3) is 11.7 Å². The van der Waals surface area contributed by atoms with Gasteiger partial charge in [0.1, 0.15) is 11.2 Å². The summed E-state index contributed by atoms with van der Waals surface area (Å²) in [4.78, 5) is 56.1. The van der Waals surface area contributed by atoms with Gasteiger partial charge in [-0.3, -0.25) is 19.0 Å². The zero-order chi connectivity index (χ0) is 30.4. The molecule has 0 atom stereocenters. The summed E-state index contributed by atoms with van der Waals surface area (Å²) in [6.45, 7) is 11.4. The van der Waals surface area contributed by atoms with Crippen LogP contribution in [-0.2, 0) is 16.1 Å². The van der Waals surface area contributed by atoms with Crippen LogP contribution in [0.3, 0.4) is 0 Å². The van der Waals surface area contributed by atoms with Gasteiger partial charge in [0, 0.05) is 49.4 Å². The number of hydrogen-bond acceptors (Lipinski definition) is 7. The number of aromatic hydroxyl groups is 1. The number of hydrogen-bond donors (Lipinski definition) is 2. The topological polar surface area (TPSA) is 138 Å². The minimum absolute atomic E-state index is 0.0195. The maximum atomic E-state index is 13.5. The summed E-state index contributed by atoms with van der Waals surface area (Å²) in [6, 6.07) is 0.0195. The van der Waals surface area contributed by atoms with Crippen molar-refractivity contribution in [3.63, 3.8) is 0 Å². The molecular formula is C30H42N6O6. The van der Waals surface area contributed by atoms with Gasteiger partial charge in [-0.05, 0) is 71.3 Å². The standard InChI is InChI=1S/C30H42N6O6/c1-19(2)18-34-25-20(17-31-36(25)27(40)23(26(34)39)24(38)32-21-8-9-21)7-10-22(37)35-14-6-11-30(35)12-15-33(16-13-30)28(41)42-29(3,4)5/h7,10,17,19,21,40H,6,8-9,11-16,18H2,1-5H3,(H,32,38)/b10-7+. The van der Waals surface area contributed by atoms with Crippen molar-refractivity contribution in [2.75, 3.05) is 19.6 Å². The Labute approximate surface area is 245 Å². The van der Waals surface area contributed by atoms with Crippen molar-refractivity contribution in [3.05, 3.63) is 33.8 Å². The lowest BCUT2D eigenvalue weighted by molar-refractivity contribution is -0.131. The number of ether oxygens (including phenoxy) is 1. The molecule has 2 aliphatic heterocycles. The van der Waals surface area contributed by atoms with Crippen LogP contribution in [0.15, 0.2) is 17.1 Å². The van der Waals surface area contributed by atoms with Gasteiger partial charge < -0.3 is 25.0 Å². The number of nitrogens with one attached hydrogen (secondary N) is 1. The lowest BCUT2D eigenvalue weighted by atomic mass is 9.85. The smallest absolute Gasteiger partial charge is 0.410 e. The van der Waals surface area contributed by atoms with Crippen LogP contribution < -0.4 is 10.9 Å². The van der Waals surface area contributed by atoms with Gasteiger partial charge in [-0.15, -0.1) is 0 Å². The molecule has 2 N–H and O–H groups in total. The number of aromatic nitrogens is 3. The number of carbonyl (C=O) groups is 3. The first kappa shape index (κ1) is 29.7. The normalized spacial score (nSPS) is 18.9. The highest BCUT2D eigenvalue weighted by Gasteiger charge is 2.46. The van der Waals surface area contributed by atoms with Gasteiger partial charge in [0.25, 0.3) is 11.5 Å². The third-order valence-corrected chi connectivity index (χ3v) is 8.21. The van der Waals surface area contributed by atoms with Crippen molar-refractivity contribution in [1.29, 1.82) is 0 Å². The molecule has 0 unspecified atom stereocenters. The van der Waals surface area contributed by atoms with Crippen molar-refractivity contribution < 1.29 is 24.2 Å². The van der Waals surface area contributed by atoms with E-state index in [-0.39, 0.29) is 35.1 Å². The number of nitrogens with zero attached hydrogens (tertiary/aromatic N) is 5. The van der Waals surface area contributed by atoms with E-state index in [1.54, 1.807) is 11.0 Å². The van der Waals surface area contributed by atoms with E-state index in [1.807, 2.05) is 39.5 Å². The Balaban J connectivity index is 1.38. The number of likely N-dealkylation sites (tertiary alicyclic amines) is 2. The molecule has 1 spiro atoms. The predicted octanol–water partition coefficient (Wildman–Crippen LogP) is 3.16. The van der Waals surface area contributed by atoms with Gasteiger partial charge >= 0.3 is 6.09 Å². The van der Waals surface area contributed by atoms with Crippen molar-refractivity contribution >= 4 is 29.6 Å². The molecule has 2 aromatic heterocycles. The van der Waals surface area contributed by atoms with Gasteiger partial charge in [0.05, 0.1) is 6.20 Å². The summed E-state index contributed by atoms with van der Waals surface area (Å²) in [5.74, 6) is -1.21. The molecule has 2 aromatic rings. The van der Waals surface area contributed by atoms with Crippen molar-refractivity contribution in [1.82, 2.24) is 29.3 Å². The van der Waals surface area contributed by atoms with E-state index in [9.17, 15) is 24.3 Å². The summed E-state index contributed by atoms with van der Waals surface area (Å²) in [7, 11) is 0. The van der Waals surface area contributed by atoms with E-state index in [4.69, 9.17) is 4.74 Å². The monoisotopic (exact) mass is 582 g/mol. The maximum absolute atomic E-state index is 13.5. The molecule has 1 aliphatic carbocycles. The van der Waals surface area contributed by atoms with Gasteiger partial charge in [0.2, 0.25) is 11.8 Å². The molecule has 3 fully saturated rings. The zero-order valence-corrected chi connectivity index (χ0v) is 25.2. The van der Waals surface area contributed by atoms with E-state index >= 15 is 0 Å². The minimum atomic E-state index is -0.612. The SMILES string of the molecule is CC(C)Cn1c(=O)c(C(=O)NC2CC2)c(O)n2ncc(/C=C/C(=O)N3CCCC34CCN(C(=O)OC(C)(C)C)CC4)c12. The van der Waals surface area contributed by atoms with Crippen molar-refractivity contribution in [2.24, 2.45) is 5.92 Å². The molecule has 228 valence electrons. The van der Waals surface area contributed by atoms with E-state index in [0.717, 1.165) is 25.7 Å². The molecule has 4 heterocycles. The number of piperidine rings is 1. The molecule has 3 amide bonds. The highest BCUT2D eigenvalue weighted by molar-refractivity contribution is 5.97. The lowest BCUT2D eigenvalue weighted by Gasteiger charge is -2.44. The number of fused-ring (bicyclic) bond motifs is 1. The average Bonchev–Trinajstić information content (AvgIpc) is 3.46. The Bertz CT molecular complexity index is 1470. The third kappa shape index (κ3) is 5.89. The number of carbonyl (C=O) groups excluding carboxylic acids is 3. The second-order valence-electron chi connectivity index (χ2n) is 13.2. The Hall–Kier alpha value is -3.83. The van der Waals surface area contributed by atoms with Crippen molar-refractivity contribution in [3.8, 4) is 5.88 Å². The van der Waals surface area contributed by atoms with Gasteiger partial charge in [-0.1, -0.05) is 13.8 Å². The molecule has 12 heteroatoms. The molecule has 42 heavy (non-hydrogen) atoms. The molecule has 1 saturated carbocycles. The van der Waals surface area contributed by atoms with Crippen molar-refractivity contribution in [2.45, 2.75) is 96.9 Å². The van der Waals surface area contributed by atoms with Crippen LogP contribution in [0.2, 0.25) is 0 Å². The highest BCUT2D eigenvalue weighted by Crippen LogP contribution is 2.39. The van der Waals surface area contributed by atoms with E-state index in [2.05, 4.69) is 10.4 Å². The van der Waals surface area contributed by atoms with Crippen LogP contribution in [0, 0.1) is 5.92 Å². The molecule has 2 saturated heterocycles. The molecule has 0 aromatic carbocycles. The average molecular weight is 583 g/mol. The molecule has 12 nitrogen and oxygen atoms in total. The highest BCUT2D eigenvalue weighted by atomic mass is 16.6. The molecule has 0 radical (unpaired) electrons. The lowest BCUT2D eigenvalue weighted by Crippen LogP contribution is -2.55. The summed E-state index contributed by atoms with van der Waals surface area (Å²) in [6.07, 6.45) is 9.06. The maximum Gasteiger partial charge on any atom is 0.410 e. The first-order valence-corrected chi connectivity index (χ1v) is 14.9. The fraction of sp³-hybridized carbons (Fsp3) is 0.633. The van der Waals surface area contributed by atoms with E-state index in [0.29, 0.717) is 50.2 Å².